The fraction of sp³-hybridized carbons (Fsp3) is 0.440. The summed E-state index contributed by atoms with van der Waals surface area (Å²) in [6.45, 7) is 2.79. The smallest absolute Gasteiger partial charge is 0.352 e. The number of likely N-dealkylation sites (tertiary alicyclic amines) is 1. The summed E-state index contributed by atoms with van der Waals surface area (Å²) in [7, 11) is -4.75. The lowest BCUT2D eigenvalue weighted by Gasteiger charge is -2.35. The standard InChI is InChI=1S/C25H29ClN7O5PS/c1-15-12-33-23(28-24(15)31-13-16(11-27)22(14-31)38-39(35,36)37)10-20(29-33)21-5-3-4-8-32(21)25(34)18-9-17(26)6-7-19(18)30-40-2/h6-7,9-10,12,16,21-22,30H,3-5,8,13-14H2,1-2H3,(H2,35,36,37)/t16-,21+,22?/m1/s1. The maximum Gasteiger partial charge on any atom is 0.469 e. The van der Waals surface area contributed by atoms with Crippen LogP contribution in [0.4, 0.5) is 11.5 Å². The Morgan fingerprint density at radius 1 is 1.30 bits per heavy atom. The highest BCUT2D eigenvalue weighted by Crippen LogP contribution is 2.42. The van der Waals surface area contributed by atoms with Crippen molar-refractivity contribution in [1.82, 2.24) is 19.5 Å². The van der Waals surface area contributed by atoms with Crippen molar-refractivity contribution < 1.29 is 23.7 Å². The summed E-state index contributed by atoms with van der Waals surface area (Å²) < 4.78 is 21.1. The van der Waals surface area contributed by atoms with E-state index in [2.05, 4.69) is 10.8 Å². The Morgan fingerprint density at radius 2 is 2.10 bits per heavy atom. The van der Waals surface area contributed by atoms with Gasteiger partial charge in [-0.1, -0.05) is 23.5 Å². The number of nitrogens with zero attached hydrogens (tertiary/aromatic N) is 6. The molecule has 40 heavy (non-hydrogen) atoms. The zero-order valence-corrected chi connectivity index (χ0v) is 24.4. The molecular formula is C25H29ClN7O5PS. The van der Waals surface area contributed by atoms with Crippen molar-refractivity contribution in [2.75, 3.05) is 35.5 Å². The molecule has 1 unspecified atom stereocenters. The second-order valence-electron chi connectivity index (χ2n) is 9.90. The lowest BCUT2D eigenvalue weighted by atomic mass is 9.98. The van der Waals surface area contributed by atoms with E-state index in [0.717, 1.165) is 30.5 Å². The van der Waals surface area contributed by atoms with Crippen LogP contribution in [0.15, 0.2) is 30.5 Å². The van der Waals surface area contributed by atoms with Crippen LogP contribution in [-0.4, -0.2) is 67.2 Å². The Morgan fingerprint density at radius 3 is 2.83 bits per heavy atom. The molecule has 0 radical (unpaired) electrons. The van der Waals surface area contributed by atoms with Crippen molar-refractivity contribution in [1.29, 1.82) is 5.26 Å². The molecule has 3 N–H and O–H groups in total. The van der Waals surface area contributed by atoms with Gasteiger partial charge in [-0.15, -0.1) is 0 Å². The number of amides is 1. The third-order valence-electron chi connectivity index (χ3n) is 7.16. The lowest BCUT2D eigenvalue weighted by Crippen LogP contribution is -2.39. The summed E-state index contributed by atoms with van der Waals surface area (Å²) in [5, 5.41) is 14.8. The summed E-state index contributed by atoms with van der Waals surface area (Å²) in [6.07, 6.45) is 5.37. The molecule has 3 aromatic rings. The summed E-state index contributed by atoms with van der Waals surface area (Å²) >= 11 is 7.65. The minimum atomic E-state index is -4.75. The number of aryl methyl sites for hydroxylation is 1. The van der Waals surface area contributed by atoms with Crippen LogP contribution in [-0.2, 0) is 9.09 Å². The highest BCUT2D eigenvalue weighted by molar-refractivity contribution is 7.99. The zero-order valence-electron chi connectivity index (χ0n) is 21.9. The van der Waals surface area contributed by atoms with Crippen LogP contribution in [0.25, 0.3) is 5.65 Å². The van der Waals surface area contributed by atoms with Gasteiger partial charge in [0.2, 0.25) is 0 Å². The third-order valence-corrected chi connectivity index (χ3v) is 8.36. The minimum Gasteiger partial charge on any atom is -0.352 e. The van der Waals surface area contributed by atoms with Crippen LogP contribution in [0.2, 0.25) is 5.02 Å². The molecule has 0 aliphatic carbocycles. The lowest BCUT2D eigenvalue weighted by molar-refractivity contribution is 0.0606. The summed E-state index contributed by atoms with van der Waals surface area (Å²) in [6, 6.07) is 8.92. The number of piperidine rings is 1. The van der Waals surface area contributed by atoms with Gasteiger partial charge >= 0.3 is 7.82 Å². The average Bonchev–Trinajstić information content (AvgIpc) is 3.51. The van der Waals surface area contributed by atoms with E-state index < -0.39 is 19.8 Å². The van der Waals surface area contributed by atoms with Gasteiger partial charge in [0.05, 0.1) is 35.0 Å². The first-order valence-electron chi connectivity index (χ1n) is 12.7. The molecule has 2 fully saturated rings. The quantitative estimate of drug-likeness (QED) is 0.262. The molecule has 15 heteroatoms. The Hall–Kier alpha value is -2.85. The van der Waals surface area contributed by atoms with Crippen LogP contribution in [0.5, 0.6) is 0 Å². The maximum absolute atomic E-state index is 13.8. The molecule has 2 aromatic heterocycles. The van der Waals surface area contributed by atoms with E-state index in [9.17, 15) is 24.4 Å². The predicted molar refractivity (Wildman–Crippen MR) is 152 cm³/mol. The fourth-order valence-electron chi connectivity index (χ4n) is 5.39. The van der Waals surface area contributed by atoms with Crippen LogP contribution in [0.1, 0.15) is 46.9 Å². The van der Waals surface area contributed by atoms with Gasteiger partial charge in [-0.2, -0.15) is 10.4 Å². The van der Waals surface area contributed by atoms with E-state index in [1.54, 1.807) is 27.6 Å². The number of anilines is 2. The van der Waals surface area contributed by atoms with Crippen molar-refractivity contribution in [2.45, 2.75) is 38.3 Å². The molecule has 0 saturated carbocycles. The molecule has 5 rings (SSSR count). The summed E-state index contributed by atoms with van der Waals surface area (Å²) in [4.78, 5) is 40.7. The minimum absolute atomic E-state index is 0.116. The van der Waals surface area contributed by atoms with Gasteiger partial charge in [0.15, 0.2) is 5.65 Å². The molecule has 4 heterocycles. The molecule has 1 aromatic carbocycles. The highest BCUT2D eigenvalue weighted by Gasteiger charge is 2.39. The Labute approximate surface area is 240 Å². The highest BCUT2D eigenvalue weighted by atomic mass is 35.5. The number of nitrogens with one attached hydrogen (secondary N) is 1. The van der Waals surface area contributed by atoms with Crippen LogP contribution in [0.3, 0.4) is 0 Å². The van der Waals surface area contributed by atoms with Gasteiger partial charge in [0, 0.05) is 48.7 Å². The monoisotopic (exact) mass is 605 g/mol. The van der Waals surface area contributed by atoms with Gasteiger partial charge in [-0.05, 0) is 44.4 Å². The number of carbonyl (C=O) groups excluding carboxylic acids is 1. The van der Waals surface area contributed by atoms with E-state index in [1.165, 1.54) is 11.9 Å². The van der Waals surface area contributed by atoms with Crippen LogP contribution < -0.4 is 9.62 Å². The first kappa shape index (κ1) is 28.7. The van der Waals surface area contributed by atoms with E-state index in [4.69, 9.17) is 26.2 Å². The van der Waals surface area contributed by atoms with E-state index in [0.29, 0.717) is 34.3 Å². The topological polar surface area (TPSA) is 156 Å². The van der Waals surface area contributed by atoms with Crippen molar-refractivity contribution in [3.8, 4) is 6.07 Å². The van der Waals surface area contributed by atoms with Crippen LogP contribution in [0, 0.1) is 24.2 Å². The van der Waals surface area contributed by atoms with E-state index >= 15 is 0 Å². The molecule has 0 bridgehead atoms. The number of hydrogen-bond acceptors (Lipinski definition) is 9. The zero-order chi connectivity index (χ0) is 28.6. The summed E-state index contributed by atoms with van der Waals surface area (Å²) in [5.41, 5.74) is 3.26. The number of halogens is 1. The average molecular weight is 606 g/mol. The Kier molecular flexibility index (Phi) is 8.29. The number of aromatic nitrogens is 3. The number of hydrogen-bond donors (Lipinski definition) is 3. The van der Waals surface area contributed by atoms with E-state index in [-0.39, 0.29) is 25.0 Å². The number of carbonyl (C=O) groups is 1. The molecule has 212 valence electrons. The molecule has 2 aliphatic heterocycles. The molecule has 2 saturated heterocycles. The van der Waals surface area contributed by atoms with Crippen molar-refractivity contribution in [3.63, 3.8) is 0 Å². The van der Waals surface area contributed by atoms with Crippen molar-refractivity contribution in [2.24, 2.45) is 5.92 Å². The van der Waals surface area contributed by atoms with Crippen molar-refractivity contribution >= 4 is 54.4 Å². The molecular weight excluding hydrogens is 577 g/mol. The van der Waals surface area contributed by atoms with Gasteiger partial charge in [-0.25, -0.2) is 14.1 Å². The first-order chi connectivity index (χ1) is 19.1. The predicted octanol–water partition coefficient (Wildman–Crippen LogP) is 4.19. The van der Waals surface area contributed by atoms with Gasteiger partial charge in [0.25, 0.3) is 5.91 Å². The molecule has 2 aliphatic rings. The molecule has 12 nitrogen and oxygen atoms in total. The maximum atomic E-state index is 13.8. The Bertz CT molecular complexity index is 1530. The fourth-order valence-corrected chi connectivity index (χ4v) is 6.52. The van der Waals surface area contributed by atoms with E-state index in [1.807, 2.05) is 30.3 Å². The number of fused-ring (bicyclic) bond motifs is 1. The third kappa shape index (κ3) is 5.93. The summed E-state index contributed by atoms with van der Waals surface area (Å²) in [5.74, 6) is -0.259. The number of rotatable bonds is 7. The largest absolute Gasteiger partial charge is 0.469 e. The molecule has 3 atom stereocenters. The SMILES string of the molecule is CSNc1ccc(Cl)cc1C(=O)N1CCCC[C@H]1c1cc2nc(N3CC(OP(=O)(O)O)[C@H](C#N)C3)c(C)cn2n1. The molecule has 1 amide bonds. The van der Waals surface area contributed by atoms with Crippen molar-refractivity contribution in [3.05, 3.63) is 52.3 Å². The first-order valence-corrected chi connectivity index (χ1v) is 15.9. The number of phosphoric ester groups is 1. The normalized spacial score (nSPS) is 21.6. The second kappa shape index (κ2) is 11.6. The number of phosphoric acid groups is 1. The van der Waals surface area contributed by atoms with Gasteiger partial charge < -0.3 is 24.3 Å². The molecule has 0 spiro atoms. The number of benzene rings is 1. The number of nitriles is 1. The Balaban J connectivity index is 1.44. The van der Waals surface area contributed by atoms with Gasteiger partial charge in [0.1, 0.15) is 11.9 Å². The second-order valence-corrected chi connectivity index (χ2v) is 12.1. The van der Waals surface area contributed by atoms with Gasteiger partial charge in [-0.3, -0.25) is 9.32 Å². The van der Waals surface area contributed by atoms with Crippen LogP contribution >= 0.6 is 31.4 Å².